The number of hydrogen-bond acceptors (Lipinski definition) is 3. The smallest absolute Gasteiger partial charge is 0.319 e. The van der Waals surface area contributed by atoms with Crippen LogP contribution >= 0.6 is 0 Å². The maximum absolute atomic E-state index is 12.2. The zero-order valence-corrected chi connectivity index (χ0v) is 15.9. The van der Waals surface area contributed by atoms with E-state index in [0.29, 0.717) is 13.1 Å². The van der Waals surface area contributed by atoms with Gasteiger partial charge in [0.2, 0.25) is 0 Å². The van der Waals surface area contributed by atoms with Crippen molar-refractivity contribution >= 4 is 17.4 Å². The van der Waals surface area contributed by atoms with Gasteiger partial charge in [0.1, 0.15) is 0 Å². The van der Waals surface area contributed by atoms with Gasteiger partial charge in [-0.2, -0.15) is 5.10 Å². The number of nitrogens with one attached hydrogen (secondary N) is 2. The van der Waals surface area contributed by atoms with Crippen LogP contribution in [0, 0.1) is 6.92 Å². The van der Waals surface area contributed by atoms with Gasteiger partial charge in [0.15, 0.2) is 0 Å². The number of hydrogen-bond donors (Lipinski definition) is 2. The quantitative estimate of drug-likeness (QED) is 0.703. The average molecular weight is 363 g/mol. The number of amides is 2. The molecule has 140 valence electrons. The van der Waals surface area contributed by atoms with Gasteiger partial charge in [0, 0.05) is 43.8 Å². The number of benzene rings is 2. The zero-order chi connectivity index (χ0) is 19.2. The summed E-state index contributed by atoms with van der Waals surface area (Å²) in [7, 11) is 3.99. The SMILES string of the molecule is Cc1cc(N(C)C)ccc1NC(=O)NCc1cnn(Cc2ccccc2)c1. The summed E-state index contributed by atoms with van der Waals surface area (Å²) in [5, 5.41) is 10.1. The van der Waals surface area contributed by atoms with Gasteiger partial charge in [0.05, 0.1) is 12.7 Å². The van der Waals surface area contributed by atoms with Crippen LogP contribution in [0.2, 0.25) is 0 Å². The van der Waals surface area contributed by atoms with E-state index in [1.165, 1.54) is 5.56 Å². The van der Waals surface area contributed by atoms with E-state index in [2.05, 4.69) is 27.9 Å². The summed E-state index contributed by atoms with van der Waals surface area (Å²) in [6.07, 6.45) is 3.73. The summed E-state index contributed by atoms with van der Waals surface area (Å²) in [6.45, 7) is 3.12. The molecule has 0 fully saturated rings. The van der Waals surface area contributed by atoms with Crippen molar-refractivity contribution in [3.05, 3.63) is 77.6 Å². The Kier molecular flexibility index (Phi) is 5.76. The Balaban J connectivity index is 1.52. The van der Waals surface area contributed by atoms with Crippen molar-refractivity contribution in [3.63, 3.8) is 0 Å². The fourth-order valence-electron chi connectivity index (χ4n) is 2.77. The Labute approximate surface area is 159 Å². The van der Waals surface area contributed by atoms with Crippen molar-refractivity contribution in [1.29, 1.82) is 0 Å². The minimum absolute atomic E-state index is 0.230. The highest BCUT2D eigenvalue weighted by Gasteiger charge is 2.07. The van der Waals surface area contributed by atoms with Crippen LogP contribution in [0.1, 0.15) is 16.7 Å². The molecule has 2 N–H and O–H groups in total. The maximum atomic E-state index is 12.2. The molecule has 6 nitrogen and oxygen atoms in total. The first-order chi connectivity index (χ1) is 13.0. The average Bonchev–Trinajstić information content (AvgIpc) is 3.10. The number of rotatable bonds is 6. The molecule has 0 radical (unpaired) electrons. The van der Waals surface area contributed by atoms with Gasteiger partial charge in [-0.05, 0) is 36.2 Å². The molecule has 3 aromatic rings. The van der Waals surface area contributed by atoms with Crippen LogP contribution in [0.5, 0.6) is 0 Å². The van der Waals surface area contributed by atoms with Crippen LogP contribution in [0.3, 0.4) is 0 Å². The molecule has 0 spiro atoms. The molecule has 1 heterocycles. The molecule has 0 saturated heterocycles. The third-order valence-corrected chi connectivity index (χ3v) is 4.30. The standard InChI is InChI=1S/C21H25N5O/c1-16-11-19(25(2)3)9-10-20(16)24-21(27)22-12-18-13-23-26(15-18)14-17-7-5-4-6-8-17/h4-11,13,15H,12,14H2,1-3H3,(H2,22,24,27). The van der Waals surface area contributed by atoms with Gasteiger partial charge < -0.3 is 15.5 Å². The Morgan fingerprint density at radius 3 is 2.59 bits per heavy atom. The molecular formula is C21H25N5O. The first-order valence-corrected chi connectivity index (χ1v) is 8.89. The van der Waals surface area contributed by atoms with Crippen LogP contribution in [-0.2, 0) is 13.1 Å². The summed E-state index contributed by atoms with van der Waals surface area (Å²) >= 11 is 0. The van der Waals surface area contributed by atoms with Crippen molar-refractivity contribution < 1.29 is 4.79 Å². The molecule has 0 aliphatic carbocycles. The Hall–Kier alpha value is -3.28. The van der Waals surface area contributed by atoms with Crippen molar-refractivity contribution in [2.45, 2.75) is 20.0 Å². The second-order valence-electron chi connectivity index (χ2n) is 6.73. The first-order valence-electron chi connectivity index (χ1n) is 8.89. The van der Waals surface area contributed by atoms with Crippen LogP contribution < -0.4 is 15.5 Å². The number of carbonyl (C=O) groups excluding carboxylic acids is 1. The van der Waals surface area contributed by atoms with E-state index in [1.807, 2.05) is 73.2 Å². The van der Waals surface area contributed by atoms with Gasteiger partial charge in [-0.3, -0.25) is 4.68 Å². The van der Waals surface area contributed by atoms with E-state index in [4.69, 9.17) is 0 Å². The minimum Gasteiger partial charge on any atom is -0.378 e. The molecule has 27 heavy (non-hydrogen) atoms. The summed E-state index contributed by atoms with van der Waals surface area (Å²) < 4.78 is 1.87. The number of aromatic nitrogens is 2. The van der Waals surface area contributed by atoms with Gasteiger partial charge in [0.25, 0.3) is 0 Å². The molecular weight excluding hydrogens is 338 g/mol. The Morgan fingerprint density at radius 1 is 1.11 bits per heavy atom. The van der Waals surface area contributed by atoms with E-state index in [1.54, 1.807) is 6.20 Å². The lowest BCUT2D eigenvalue weighted by Gasteiger charge is -2.15. The minimum atomic E-state index is -0.230. The lowest BCUT2D eigenvalue weighted by atomic mass is 10.1. The molecule has 2 amide bonds. The van der Waals surface area contributed by atoms with E-state index >= 15 is 0 Å². The van der Waals surface area contributed by atoms with Crippen molar-refractivity contribution in [2.24, 2.45) is 0 Å². The predicted octanol–water partition coefficient (Wildman–Crippen LogP) is 3.63. The molecule has 0 aliphatic heterocycles. The van der Waals surface area contributed by atoms with Crippen molar-refractivity contribution in [2.75, 3.05) is 24.3 Å². The monoisotopic (exact) mass is 363 g/mol. The second-order valence-corrected chi connectivity index (χ2v) is 6.73. The van der Waals surface area contributed by atoms with E-state index < -0.39 is 0 Å². The Bertz CT molecular complexity index is 902. The molecule has 0 atom stereocenters. The fourth-order valence-corrected chi connectivity index (χ4v) is 2.77. The number of anilines is 2. The second kappa shape index (κ2) is 8.40. The highest BCUT2D eigenvalue weighted by Crippen LogP contribution is 2.21. The summed E-state index contributed by atoms with van der Waals surface area (Å²) in [5.41, 5.74) is 5.07. The molecule has 6 heteroatoms. The van der Waals surface area contributed by atoms with Crippen LogP contribution in [0.25, 0.3) is 0 Å². The van der Waals surface area contributed by atoms with Gasteiger partial charge in [-0.25, -0.2) is 4.79 Å². The Morgan fingerprint density at radius 2 is 1.89 bits per heavy atom. The van der Waals surface area contributed by atoms with Gasteiger partial charge in [-0.15, -0.1) is 0 Å². The van der Waals surface area contributed by atoms with Crippen LogP contribution in [0.15, 0.2) is 60.9 Å². The summed E-state index contributed by atoms with van der Waals surface area (Å²) in [4.78, 5) is 14.2. The summed E-state index contributed by atoms with van der Waals surface area (Å²) in [6, 6.07) is 15.9. The topological polar surface area (TPSA) is 62.2 Å². The molecule has 0 saturated carbocycles. The highest BCUT2D eigenvalue weighted by atomic mass is 16.2. The van der Waals surface area contributed by atoms with Gasteiger partial charge in [-0.1, -0.05) is 30.3 Å². The normalized spacial score (nSPS) is 10.5. The lowest BCUT2D eigenvalue weighted by molar-refractivity contribution is 0.251. The molecule has 0 unspecified atom stereocenters. The fraction of sp³-hybridized carbons (Fsp3) is 0.238. The van der Waals surface area contributed by atoms with Crippen LogP contribution in [-0.4, -0.2) is 29.9 Å². The maximum Gasteiger partial charge on any atom is 0.319 e. The third-order valence-electron chi connectivity index (χ3n) is 4.30. The zero-order valence-electron chi connectivity index (χ0n) is 15.9. The predicted molar refractivity (Wildman–Crippen MR) is 109 cm³/mol. The number of urea groups is 1. The van der Waals surface area contributed by atoms with Crippen molar-refractivity contribution in [1.82, 2.24) is 15.1 Å². The molecule has 2 aromatic carbocycles. The number of nitrogens with zero attached hydrogens (tertiary/aromatic N) is 3. The number of carbonyl (C=O) groups is 1. The molecule has 1 aromatic heterocycles. The molecule has 0 aliphatic rings. The molecule has 0 bridgehead atoms. The van der Waals surface area contributed by atoms with Gasteiger partial charge >= 0.3 is 6.03 Å². The van der Waals surface area contributed by atoms with E-state index in [0.717, 1.165) is 22.5 Å². The third kappa shape index (κ3) is 5.10. The number of aryl methyl sites for hydroxylation is 1. The summed E-state index contributed by atoms with van der Waals surface area (Å²) in [5.74, 6) is 0. The van der Waals surface area contributed by atoms with E-state index in [-0.39, 0.29) is 6.03 Å². The van der Waals surface area contributed by atoms with E-state index in [9.17, 15) is 4.79 Å². The highest BCUT2D eigenvalue weighted by molar-refractivity contribution is 5.90. The largest absolute Gasteiger partial charge is 0.378 e. The van der Waals surface area contributed by atoms with Crippen molar-refractivity contribution in [3.8, 4) is 0 Å². The first kappa shape index (κ1) is 18.5. The van der Waals surface area contributed by atoms with Crippen LogP contribution in [0.4, 0.5) is 16.2 Å². The molecule has 3 rings (SSSR count). The lowest BCUT2D eigenvalue weighted by Crippen LogP contribution is -2.28.